The molecule has 0 aromatic heterocycles. The van der Waals surface area contributed by atoms with Gasteiger partial charge in [0, 0.05) is 11.0 Å². The number of nitrogens with zero attached hydrogens (tertiary/aromatic N) is 2. The van der Waals surface area contributed by atoms with Crippen LogP contribution in [0.1, 0.15) is 48.4 Å². The molecule has 0 saturated heterocycles. The summed E-state index contributed by atoms with van der Waals surface area (Å²) in [5.41, 5.74) is 19.4. The van der Waals surface area contributed by atoms with Gasteiger partial charge in [-0.1, -0.05) is 88.7 Å². The van der Waals surface area contributed by atoms with Crippen LogP contribution >= 0.6 is 15.9 Å². The van der Waals surface area contributed by atoms with Crippen molar-refractivity contribution < 1.29 is 9.59 Å². The SMILES string of the molecule is C[C@H](c1ccc(Br)cc1)N(C(=O)C(c1ccccc1)c1ccccc1)[C@H](CCCN=C(N)N)C(N)=O. The van der Waals surface area contributed by atoms with Crippen molar-refractivity contribution in [2.24, 2.45) is 22.2 Å². The lowest BCUT2D eigenvalue weighted by molar-refractivity contribution is -0.142. The Labute approximate surface area is 220 Å². The summed E-state index contributed by atoms with van der Waals surface area (Å²) in [6.45, 7) is 2.25. The highest BCUT2D eigenvalue weighted by molar-refractivity contribution is 9.10. The molecule has 2 amide bonds. The topological polar surface area (TPSA) is 128 Å². The standard InChI is InChI=1S/C28H32BrN5O2/c1-19(20-14-16-23(29)17-15-20)34(24(26(30)35)13-8-18-33-28(31)32)27(36)25(21-9-4-2-5-10-21)22-11-6-3-7-12-22/h2-7,9-12,14-17,19,24-25H,8,13,18H2,1H3,(H2,30,35)(H4,31,32,33)/t19-,24-/m1/s1. The van der Waals surface area contributed by atoms with Gasteiger partial charge < -0.3 is 22.1 Å². The van der Waals surface area contributed by atoms with E-state index in [0.29, 0.717) is 19.4 Å². The summed E-state index contributed by atoms with van der Waals surface area (Å²) in [5, 5.41) is 0. The number of hydrogen-bond acceptors (Lipinski definition) is 3. The molecule has 0 fully saturated rings. The van der Waals surface area contributed by atoms with Crippen molar-refractivity contribution in [2.75, 3.05) is 6.54 Å². The first-order valence-corrected chi connectivity index (χ1v) is 12.6. The van der Waals surface area contributed by atoms with Crippen LogP contribution in [-0.4, -0.2) is 35.3 Å². The molecule has 0 spiro atoms. The maximum Gasteiger partial charge on any atom is 0.240 e. The quantitative estimate of drug-likeness (QED) is 0.189. The monoisotopic (exact) mass is 549 g/mol. The zero-order chi connectivity index (χ0) is 26.1. The average molecular weight is 551 g/mol. The molecule has 3 aromatic rings. The van der Waals surface area contributed by atoms with Crippen molar-refractivity contribution in [3.05, 3.63) is 106 Å². The lowest BCUT2D eigenvalue weighted by atomic mass is 9.88. The van der Waals surface area contributed by atoms with Gasteiger partial charge in [-0.15, -0.1) is 0 Å². The molecule has 0 bridgehead atoms. The third-order valence-electron chi connectivity index (χ3n) is 6.13. The molecule has 36 heavy (non-hydrogen) atoms. The number of carbonyl (C=O) groups excluding carboxylic acids is 2. The normalized spacial score (nSPS) is 12.5. The Morgan fingerprint density at radius 1 is 0.833 bits per heavy atom. The maximum absolute atomic E-state index is 14.5. The lowest BCUT2D eigenvalue weighted by Crippen LogP contribution is -2.50. The van der Waals surface area contributed by atoms with E-state index in [-0.39, 0.29) is 11.9 Å². The van der Waals surface area contributed by atoms with Gasteiger partial charge in [0.2, 0.25) is 11.8 Å². The van der Waals surface area contributed by atoms with Crippen LogP contribution in [0, 0.1) is 0 Å². The third-order valence-corrected chi connectivity index (χ3v) is 6.66. The molecular formula is C28H32BrN5O2. The van der Waals surface area contributed by atoms with E-state index in [9.17, 15) is 9.59 Å². The van der Waals surface area contributed by atoms with Gasteiger partial charge in [-0.05, 0) is 48.6 Å². The number of nitrogens with two attached hydrogens (primary N) is 3. The fourth-order valence-corrected chi connectivity index (χ4v) is 4.61. The van der Waals surface area contributed by atoms with Crippen LogP contribution < -0.4 is 17.2 Å². The molecule has 0 radical (unpaired) electrons. The van der Waals surface area contributed by atoms with E-state index in [0.717, 1.165) is 21.2 Å². The molecule has 0 aliphatic carbocycles. The Bertz CT molecular complexity index is 1130. The van der Waals surface area contributed by atoms with Crippen LogP contribution in [0.2, 0.25) is 0 Å². The second kappa shape index (κ2) is 12.9. The lowest BCUT2D eigenvalue weighted by Gasteiger charge is -2.38. The molecule has 6 N–H and O–H groups in total. The van der Waals surface area contributed by atoms with Crippen molar-refractivity contribution in [1.29, 1.82) is 0 Å². The van der Waals surface area contributed by atoms with E-state index in [1.807, 2.05) is 91.9 Å². The van der Waals surface area contributed by atoms with Gasteiger partial charge in [0.1, 0.15) is 6.04 Å². The molecule has 3 aromatic carbocycles. The molecular weight excluding hydrogens is 518 g/mol. The van der Waals surface area contributed by atoms with Crippen LogP contribution in [0.25, 0.3) is 0 Å². The molecule has 8 heteroatoms. The van der Waals surface area contributed by atoms with Crippen molar-refractivity contribution in [1.82, 2.24) is 4.90 Å². The first-order chi connectivity index (χ1) is 17.3. The number of carbonyl (C=O) groups is 2. The Hall–Kier alpha value is -3.65. The fourth-order valence-electron chi connectivity index (χ4n) is 4.35. The summed E-state index contributed by atoms with van der Waals surface area (Å²) in [4.78, 5) is 32.9. The number of benzene rings is 3. The van der Waals surface area contributed by atoms with Gasteiger partial charge in [-0.2, -0.15) is 0 Å². The molecule has 3 rings (SSSR count). The van der Waals surface area contributed by atoms with Crippen LogP contribution in [0.3, 0.4) is 0 Å². The number of primary amides is 1. The Kier molecular flexibility index (Phi) is 9.64. The maximum atomic E-state index is 14.5. The van der Waals surface area contributed by atoms with Crippen molar-refractivity contribution >= 4 is 33.7 Å². The predicted octanol–water partition coefficient (Wildman–Crippen LogP) is 4.08. The third kappa shape index (κ3) is 6.95. The molecule has 2 atom stereocenters. The van der Waals surface area contributed by atoms with E-state index in [2.05, 4.69) is 20.9 Å². The Morgan fingerprint density at radius 3 is 1.83 bits per heavy atom. The molecule has 0 unspecified atom stereocenters. The number of guanidine groups is 1. The minimum absolute atomic E-state index is 0.0185. The summed E-state index contributed by atoms with van der Waals surface area (Å²) in [7, 11) is 0. The highest BCUT2D eigenvalue weighted by atomic mass is 79.9. The highest BCUT2D eigenvalue weighted by Gasteiger charge is 2.37. The summed E-state index contributed by atoms with van der Waals surface area (Å²) in [6.07, 6.45) is 0.818. The number of aliphatic imine (C=N–C) groups is 1. The zero-order valence-corrected chi connectivity index (χ0v) is 21.8. The largest absolute Gasteiger partial charge is 0.370 e. The van der Waals surface area contributed by atoms with E-state index >= 15 is 0 Å². The van der Waals surface area contributed by atoms with Gasteiger partial charge in [-0.25, -0.2) is 0 Å². The first kappa shape index (κ1) is 26.9. The molecule has 0 saturated carbocycles. The van der Waals surface area contributed by atoms with E-state index in [1.165, 1.54) is 0 Å². The summed E-state index contributed by atoms with van der Waals surface area (Å²) >= 11 is 3.46. The molecule has 0 aliphatic rings. The zero-order valence-electron chi connectivity index (χ0n) is 20.3. The van der Waals surface area contributed by atoms with Gasteiger partial charge in [0.05, 0.1) is 12.0 Å². The smallest absolute Gasteiger partial charge is 0.240 e. The van der Waals surface area contributed by atoms with Crippen molar-refractivity contribution in [3.63, 3.8) is 0 Å². The van der Waals surface area contributed by atoms with Gasteiger partial charge in [-0.3, -0.25) is 14.6 Å². The second-order valence-electron chi connectivity index (χ2n) is 8.59. The summed E-state index contributed by atoms with van der Waals surface area (Å²) in [6, 6.07) is 25.6. The van der Waals surface area contributed by atoms with Crippen LogP contribution in [0.5, 0.6) is 0 Å². The first-order valence-electron chi connectivity index (χ1n) is 11.8. The molecule has 0 heterocycles. The highest BCUT2D eigenvalue weighted by Crippen LogP contribution is 2.33. The van der Waals surface area contributed by atoms with E-state index < -0.39 is 23.9 Å². The summed E-state index contributed by atoms with van der Waals surface area (Å²) < 4.78 is 0.923. The van der Waals surface area contributed by atoms with Crippen molar-refractivity contribution in [3.8, 4) is 0 Å². The van der Waals surface area contributed by atoms with Crippen LogP contribution in [-0.2, 0) is 9.59 Å². The molecule has 0 aliphatic heterocycles. The molecule has 188 valence electrons. The molecule has 7 nitrogen and oxygen atoms in total. The van der Waals surface area contributed by atoms with Crippen molar-refractivity contribution in [2.45, 2.75) is 37.8 Å². The minimum Gasteiger partial charge on any atom is -0.370 e. The number of hydrogen-bond donors (Lipinski definition) is 3. The van der Waals surface area contributed by atoms with E-state index in [1.54, 1.807) is 4.90 Å². The minimum atomic E-state index is -0.847. The van der Waals surface area contributed by atoms with Gasteiger partial charge in [0.15, 0.2) is 5.96 Å². The number of halogens is 1. The Balaban J connectivity index is 2.08. The van der Waals surface area contributed by atoms with E-state index in [4.69, 9.17) is 17.2 Å². The predicted molar refractivity (Wildman–Crippen MR) is 147 cm³/mol. The van der Waals surface area contributed by atoms with Crippen LogP contribution in [0.4, 0.5) is 0 Å². The number of amides is 2. The summed E-state index contributed by atoms with van der Waals surface area (Å²) in [5.74, 6) is -1.40. The van der Waals surface area contributed by atoms with Crippen LogP contribution in [0.15, 0.2) is 94.4 Å². The van der Waals surface area contributed by atoms with Gasteiger partial charge >= 0.3 is 0 Å². The number of rotatable bonds is 11. The Morgan fingerprint density at radius 2 is 1.36 bits per heavy atom. The fraction of sp³-hybridized carbons (Fsp3) is 0.250. The second-order valence-corrected chi connectivity index (χ2v) is 9.51. The average Bonchev–Trinajstić information content (AvgIpc) is 2.87. The van der Waals surface area contributed by atoms with Gasteiger partial charge in [0.25, 0.3) is 0 Å².